The number of nitrogens with one attached hydrogen (secondary N) is 2. The quantitative estimate of drug-likeness (QED) is 0.660. The summed E-state index contributed by atoms with van der Waals surface area (Å²) in [6.45, 7) is 0. The molecule has 1 fully saturated rings. The zero-order valence-electron chi connectivity index (χ0n) is 7.95. The van der Waals surface area contributed by atoms with E-state index in [1.807, 2.05) is 0 Å². The van der Waals surface area contributed by atoms with Crippen molar-refractivity contribution in [3.63, 3.8) is 0 Å². The number of Topliss-reactive ketones (excluding diaryl/α,β-unsaturated/α-hetero) is 2. The fourth-order valence-electron chi connectivity index (χ4n) is 1.90. The van der Waals surface area contributed by atoms with Gasteiger partial charge in [0.25, 0.3) is 0 Å². The second-order valence-electron chi connectivity index (χ2n) is 3.64. The molecule has 0 saturated heterocycles. The standard InChI is InChI=1S/C10H14N2O2/c11-5-9(13)7-1-2-8(4-3-7)10(14)6-12/h5-8,11-12H,1-4H2/t7-,8-. The van der Waals surface area contributed by atoms with Gasteiger partial charge in [0.2, 0.25) is 0 Å². The van der Waals surface area contributed by atoms with Crippen LogP contribution in [-0.2, 0) is 9.59 Å². The van der Waals surface area contributed by atoms with Crippen molar-refractivity contribution in [1.29, 1.82) is 10.8 Å². The molecule has 0 radical (unpaired) electrons. The van der Waals surface area contributed by atoms with Crippen LogP contribution in [0.15, 0.2) is 0 Å². The number of hydrogen-bond acceptors (Lipinski definition) is 4. The first kappa shape index (κ1) is 10.8. The minimum Gasteiger partial charge on any atom is -0.305 e. The Balaban J connectivity index is 2.45. The Bertz CT molecular complexity index is 237. The van der Waals surface area contributed by atoms with E-state index in [1.54, 1.807) is 0 Å². The predicted octanol–water partition coefficient (Wildman–Crippen LogP) is 1.23. The Hall–Kier alpha value is -1.32. The maximum atomic E-state index is 11.1. The van der Waals surface area contributed by atoms with Crippen molar-refractivity contribution >= 4 is 24.0 Å². The van der Waals surface area contributed by atoms with Gasteiger partial charge in [-0.15, -0.1) is 0 Å². The van der Waals surface area contributed by atoms with Gasteiger partial charge in [0, 0.05) is 11.8 Å². The van der Waals surface area contributed by atoms with Gasteiger partial charge in [0.1, 0.15) is 0 Å². The topological polar surface area (TPSA) is 81.8 Å². The molecule has 0 aromatic rings. The third kappa shape index (κ3) is 2.34. The Kier molecular flexibility index (Phi) is 3.68. The minimum atomic E-state index is -0.134. The van der Waals surface area contributed by atoms with E-state index in [1.165, 1.54) is 0 Å². The van der Waals surface area contributed by atoms with Crippen molar-refractivity contribution in [2.24, 2.45) is 11.8 Å². The molecular formula is C10H14N2O2. The molecular weight excluding hydrogens is 180 g/mol. The molecule has 1 rings (SSSR count). The normalized spacial score (nSPS) is 26.6. The van der Waals surface area contributed by atoms with Crippen molar-refractivity contribution < 1.29 is 9.59 Å². The van der Waals surface area contributed by atoms with E-state index < -0.39 is 0 Å². The molecule has 1 saturated carbocycles. The molecule has 0 aromatic carbocycles. The summed E-state index contributed by atoms with van der Waals surface area (Å²) in [5.74, 6) is -0.402. The van der Waals surface area contributed by atoms with Crippen LogP contribution in [0.5, 0.6) is 0 Å². The Labute approximate surface area is 82.7 Å². The van der Waals surface area contributed by atoms with Crippen molar-refractivity contribution in [3.05, 3.63) is 0 Å². The second kappa shape index (κ2) is 4.79. The zero-order chi connectivity index (χ0) is 10.6. The number of hydrogen-bond donors (Lipinski definition) is 2. The van der Waals surface area contributed by atoms with E-state index in [4.69, 9.17) is 10.8 Å². The lowest BCUT2D eigenvalue weighted by atomic mass is 9.78. The molecule has 2 N–H and O–H groups in total. The molecule has 76 valence electrons. The van der Waals surface area contributed by atoms with Gasteiger partial charge in [0.15, 0.2) is 11.6 Å². The third-order valence-electron chi connectivity index (χ3n) is 2.82. The average Bonchev–Trinajstić information content (AvgIpc) is 2.27. The zero-order valence-corrected chi connectivity index (χ0v) is 7.95. The van der Waals surface area contributed by atoms with Crippen LogP contribution in [0, 0.1) is 22.7 Å². The van der Waals surface area contributed by atoms with Crippen molar-refractivity contribution in [2.75, 3.05) is 0 Å². The van der Waals surface area contributed by atoms with Gasteiger partial charge in [0.05, 0.1) is 12.4 Å². The molecule has 0 atom stereocenters. The fourth-order valence-corrected chi connectivity index (χ4v) is 1.90. The number of carbonyl (C=O) groups is 2. The highest BCUT2D eigenvalue weighted by Crippen LogP contribution is 2.29. The van der Waals surface area contributed by atoms with Crippen LogP contribution in [0.1, 0.15) is 25.7 Å². The van der Waals surface area contributed by atoms with Crippen molar-refractivity contribution in [1.82, 2.24) is 0 Å². The van der Waals surface area contributed by atoms with Crippen molar-refractivity contribution in [2.45, 2.75) is 25.7 Å². The van der Waals surface area contributed by atoms with E-state index in [-0.39, 0.29) is 23.4 Å². The maximum Gasteiger partial charge on any atom is 0.176 e. The summed E-state index contributed by atoms with van der Waals surface area (Å²) < 4.78 is 0. The van der Waals surface area contributed by atoms with Gasteiger partial charge in [-0.1, -0.05) is 0 Å². The molecule has 4 heteroatoms. The highest BCUT2D eigenvalue weighted by Gasteiger charge is 2.27. The minimum absolute atomic E-state index is 0.0673. The van der Waals surface area contributed by atoms with Gasteiger partial charge in [-0.05, 0) is 25.7 Å². The Morgan fingerprint density at radius 2 is 1.14 bits per heavy atom. The first-order valence-corrected chi connectivity index (χ1v) is 4.77. The number of ketones is 2. The van der Waals surface area contributed by atoms with Gasteiger partial charge in [-0.3, -0.25) is 9.59 Å². The van der Waals surface area contributed by atoms with E-state index in [0.29, 0.717) is 25.7 Å². The van der Waals surface area contributed by atoms with Crippen LogP contribution in [-0.4, -0.2) is 24.0 Å². The lowest BCUT2D eigenvalue weighted by molar-refractivity contribution is -0.121. The van der Waals surface area contributed by atoms with E-state index in [2.05, 4.69) is 0 Å². The van der Waals surface area contributed by atoms with Crippen LogP contribution >= 0.6 is 0 Å². The second-order valence-corrected chi connectivity index (χ2v) is 3.64. The molecule has 1 aliphatic carbocycles. The Morgan fingerprint density at radius 3 is 1.36 bits per heavy atom. The summed E-state index contributed by atoms with van der Waals surface area (Å²) in [7, 11) is 0. The lowest BCUT2D eigenvalue weighted by Gasteiger charge is -2.24. The lowest BCUT2D eigenvalue weighted by Crippen LogP contribution is -2.26. The molecule has 0 heterocycles. The molecule has 0 unspecified atom stereocenters. The highest BCUT2D eigenvalue weighted by molar-refractivity contribution is 6.28. The molecule has 14 heavy (non-hydrogen) atoms. The first-order chi connectivity index (χ1) is 6.69. The SMILES string of the molecule is N=CC(=O)[C@H]1CC[C@H](C(=O)C=N)CC1. The summed E-state index contributed by atoms with van der Waals surface area (Å²) in [4.78, 5) is 22.3. The average molecular weight is 194 g/mol. The summed E-state index contributed by atoms with van der Waals surface area (Å²) in [6, 6.07) is 0. The van der Waals surface area contributed by atoms with E-state index in [0.717, 1.165) is 12.4 Å². The summed E-state index contributed by atoms with van der Waals surface area (Å²) in [6.07, 6.45) is 4.45. The van der Waals surface area contributed by atoms with Crippen LogP contribution in [0.2, 0.25) is 0 Å². The smallest absolute Gasteiger partial charge is 0.176 e. The first-order valence-electron chi connectivity index (χ1n) is 4.77. The van der Waals surface area contributed by atoms with Gasteiger partial charge < -0.3 is 10.8 Å². The predicted molar refractivity (Wildman–Crippen MR) is 53.0 cm³/mol. The summed E-state index contributed by atoms with van der Waals surface area (Å²) in [5, 5.41) is 13.7. The maximum absolute atomic E-state index is 11.1. The van der Waals surface area contributed by atoms with Crippen LogP contribution in [0.4, 0.5) is 0 Å². The van der Waals surface area contributed by atoms with E-state index in [9.17, 15) is 9.59 Å². The van der Waals surface area contributed by atoms with Gasteiger partial charge in [-0.2, -0.15) is 0 Å². The molecule has 0 amide bonds. The summed E-state index contributed by atoms with van der Waals surface area (Å²) >= 11 is 0. The van der Waals surface area contributed by atoms with Crippen LogP contribution < -0.4 is 0 Å². The number of carbonyl (C=O) groups excluding carboxylic acids is 2. The molecule has 0 aliphatic heterocycles. The van der Waals surface area contributed by atoms with Crippen LogP contribution in [0.25, 0.3) is 0 Å². The third-order valence-corrected chi connectivity index (χ3v) is 2.82. The fraction of sp³-hybridized carbons (Fsp3) is 0.600. The molecule has 1 aliphatic rings. The molecule has 0 spiro atoms. The largest absolute Gasteiger partial charge is 0.305 e. The van der Waals surface area contributed by atoms with Gasteiger partial charge >= 0.3 is 0 Å². The van der Waals surface area contributed by atoms with E-state index >= 15 is 0 Å². The van der Waals surface area contributed by atoms with Gasteiger partial charge in [-0.25, -0.2) is 0 Å². The summed E-state index contributed by atoms with van der Waals surface area (Å²) in [5.41, 5.74) is 0. The highest BCUT2D eigenvalue weighted by atomic mass is 16.1. The molecule has 4 nitrogen and oxygen atoms in total. The molecule has 0 aromatic heterocycles. The van der Waals surface area contributed by atoms with Crippen molar-refractivity contribution in [3.8, 4) is 0 Å². The Morgan fingerprint density at radius 1 is 0.857 bits per heavy atom. The monoisotopic (exact) mass is 194 g/mol. The number of rotatable bonds is 4. The van der Waals surface area contributed by atoms with Crippen LogP contribution in [0.3, 0.4) is 0 Å². The molecule has 0 bridgehead atoms.